The number of H-pyrrole nitrogens is 1. The minimum Gasteiger partial charge on any atom is -0.386 e. The van der Waals surface area contributed by atoms with Crippen LogP contribution in [-0.2, 0) is 11.8 Å². The van der Waals surface area contributed by atoms with Crippen molar-refractivity contribution in [2.45, 2.75) is 25.6 Å². The Bertz CT molecular complexity index is 954. The number of amides is 1. The second-order valence-electron chi connectivity index (χ2n) is 6.43. The highest BCUT2D eigenvalue weighted by Crippen LogP contribution is 2.32. The van der Waals surface area contributed by atoms with Crippen molar-refractivity contribution in [2.24, 2.45) is 0 Å². The summed E-state index contributed by atoms with van der Waals surface area (Å²) in [6.07, 6.45) is -2.83. The van der Waals surface area contributed by atoms with Crippen LogP contribution in [0.25, 0.3) is 10.9 Å². The van der Waals surface area contributed by atoms with Crippen LogP contribution in [-0.4, -0.2) is 21.2 Å². The van der Waals surface area contributed by atoms with Crippen LogP contribution < -0.4 is 5.32 Å². The lowest BCUT2D eigenvalue weighted by atomic mass is 9.95. The largest absolute Gasteiger partial charge is 0.416 e. The average molecular weight is 363 g/mol. The van der Waals surface area contributed by atoms with Crippen LogP contribution in [0.1, 0.15) is 35.3 Å². The van der Waals surface area contributed by atoms with Crippen molar-refractivity contribution < 1.29 is 23.1 Å². The average Bonchev–Trinajstić information content (AvgIpc) is 3.00. The number of fused-ring (bicyclic) bond motifs is 1. The summed E-state index contributed by atoms with van der Waals surface area (Å²) >= 11 is 0. The lowest BCUT2D eigenvalue weighted by Gasteiger charge is -2.22. The Morgan fingerprint density at radius 2 is 1.81 bits per heavy atom. The minimum absolute atomic E-state index is 0.0759. The molecular formula is C18H16F3N3O2. The number of benzene rings is 2. The van der Waals surface area contributed by atoms with Crippen LogP contribution in [0, 0.1) is 0 Å². The molecule has 0 saturated heterocycles. The Kier molecular flexibility index (Phi) is 4.23. The summed E-state index contributed by atoms with van der Waals surface area (Å²) in [5.74, 6) is -0.577. The number of aromatic nitrogens is 2. The quantitative estimate of drug-likeness (QED) is 0.657. The van der Waals surface area contributed by atoms with E-state index in [2.05, 4.69) is 15.5 Å². The van der Waals surface area contributed by atoms with Gasteiger partial charge in [0.1, 0.15) is 0 Å². The van der Waals surface area contributed by atoms with Crippen molar-refractivity contribution >= 4 is 22.5 Å². The van der Waals surface area contributed by atoms with Gasteiger partial charge in [0.15, 0.2) is 0 Å². The number of rotatable bonds is 3. The molecule has 3 aromatic rings. The highest BCUT2D eigenvalue weighted by Gasteiger charge is 2.30. The van der Waals surface area contributed by atoms with Crippen LogP contribution in [0.5, 0.6) is 0 Å². The predicted octanol–water partition coefficient (Wildman–Crippen LogP) is 4.06. The Hall–Kier alpha value is -2.87. The Balaban J connectivity index is 1.94. The number of nitrogens with one attached hydrogen (secondary N) is 2. The van der Waals surface area contributed by atoms with Gasteiger partial charge in [-0.05, 0) is 50.2 Å². The van der Waals surface area contributed by atoms with E-state index in [0.29, 0.717) is 16.8 Å². The highest BCUT2D eigenvalue weighted by atomic mass is 19.4. The first-order valence-electron chi connectivity index (χ1n) is 7.75. The molecule has 0 aliphatic rings. The number of aromatic amines is 1. The molecule has 2 aromatic carbocycles. The van der Waals surface area contributed by atoms with Crippen molar-refractivity contribution in [3.63, 3.8) is 0 Å². The maximum Gasteiger partial charge on any atom is 0.416 e. The van der Waals surface area contributed by atoms with E-state index < -0.39 is 23.2 Å². The number of hydrogen-bond donors (Lipinski definition) is 3. The van der Waals surface area contributed by atoms with E-state index >= 15 is 0 Å². The Morgan fingerprint density at radius 1 is 1.15 bits per heavy atom. The lowest BCUT2D eigenvalue weighted by molar-refractivity contribution is -0.137. The standard InChI is InChI=1S/C18H16F3N3O2/c1-17(2,26)13-8-14-11(9-22-24-14)7-15(13)23-16(25)10-3-5-12(6-4-10)18(19,20)21/h3-9,26H,1-2H3,(H,22,24)(H,23,25). The summed E-state index contributed by atoms with van der Waals surface area (Å²) in [7, 11) is 0. The first-order chi connectivity index (χ1) is 12.1. The molecule has 0 fully saturated rings. The number of alkyl halides is 3. The number of carbonyl (C=O) groups excluding carboxylic acids is 1. The van der Waals surface area contributed by atoms with Gasteiger partial charge in [0.05, 0.1) is 16.7 Å². The molecule has 3 N–H and O–H groups in total. The first kappa shape index (κ1) is 17.9. The molecule has 1 heterocycles. The molecule has 0 bridgehead atoms. The SMILES string of the molecule is CC(C)(O)c1cc2n[nH]cc2cc1NC(=O)c1ccc(C(F)(F)F)cc1. The van der Waals surface area contributed by atoms with Gasteiger partial charge in [-0.1, -0.05) is 0 Å². The fourth-order valence-electron chi connectivity index (χ4n) is 2.60. The van der Waals surface area contributed by atoms with Gasteiger partial charge in [0.2, 0.25) is 0 Å². The van der Waals surface area contributed by atoms with Crippen LogP contribution in [0.15, 0.2) is 42.6 Å². The molecule has 5 nitrogen and oxygen atoms in total. The van der Waals surface area contributed by atoms with Crippen LogP contribution in [0.2, 0.25) is 0 Å². The molecule has 1 aromatic heterocycles. The van der Waals surface area contributed by atoms with Gasteiger partial charge in [0.25, 0.3) is 5.91 Å². The van der Waals surface area contributed by atoms with E-state index in [1.807, 2.05) is 0 Å². The molecule has 0 aliphatic heterocycles. The Labute approximate surface area is 146 Å². The molecule has 0 spiro atoms. The third-order valence-corrected chi connectivity index (χ3v) is 3.95. The van der Waals surface area contributed by atoms with E-state index in [9.17, 15) is 23.1 Å². The fraction of sp³-hybridized carbons (Fsp3) is 0.222. The molecule has 26 heavy (non-hydrogen) atoms. The predicted molar refractivity (Wildman–Crippen MR) is 90.7 cm³/mol. The van der Waals surface area contributed by atoms with Crippen molar-refractivity contribution in [1.29, 1.82) is 0 Å². The number of hydrogen-bond acceptors (Lipinski definition) is 3. The first-order valence-corrected chi connectivity index (χ1v) is 7.75. The van der Waals surface area contributed by atoms with Gasteiger partial charge in [-0.25, -0.2) is 0 Å². The lowest BCUT2D eigenvalue weighted by Crippen LogP contribution is -2.21. The van der Waals surface area contributed by atoms with Crippen LogP contribution in [0.4, 0.5) is 18.9 Å². The van der Waals surface area contributed by atoms with Crippen LogP contribution >= 0.6 is 0 Å². The third kappa shape index (κ3) is 3.55. The van der Waals surface area contributed by atoms with E-state index in [0.717, 1.165) is 29.7 Å². The minimum atomic E-state index is -4.46. The van der Waals surface area contributed by atoms with Gasteiger partial charge in [-0.15, -0.1) is 0 Å². The molecule has 8 heteroatoms. The monoisotopic (exact) mass is 363 g/mol. The second-order valence-corrected chi connectivity index (χ2v) is 6.43. The zero-order chi connectivity index (χ0) is 19.1. The molecule has 1 amide bonds. The number of halogens is 3. The molecule has 0 saturated carbocycles. The number of carbonyl (C=O) groups is 1. The number of aliphatic hydroxyl groups is 1. The molecular weight excluding hydrogens is 347 g/mol. The van der Waals surface area contributed by atoms with Gasteiger partial charge >= 0.3 is 6.18 Å². The van der Waals surface area contributed by atoms with Crippen LogP contribution in [0.3, 0.4) is 0 Å². The third-order valence-electron chi connectivity index (χ3n) is 3.95. The van der Waals surface area contributed by atoms with Gasteiger partial charge in [-0.3, -0.25) is 9.89 Å². The molecule has 0 aliphatic carbocycles. The molecule has 136 valence electrons. The summed E-state index contributed by atoms with van der Waals surface area (Å²) in [5, 5.41) is 20.5. The topological polar surface area (TPSA) is 78.0 Å². The molecule has 0 atom stereocenters. The number of anilines is 1. The summed E-state index contributed by atoms with van der Waals surface area (Å²) in [6.45, 7) is 3.13. The van der Waals surface area contributed by atoms with E-state index in [4.69, 9.17) is 0 Å². The molecule has 0 unspecified atom stereocenters. The summed E-state index contributed by atoms with van der Waals surface area (Å²) in [5.41, 5.74) is -0.586. The van der Waals surface area contributed by atoms with Crippen molar-refractivity contribution in [2.75, 3.05) is 5.32 Å². The fourth-order valence-corrected chi connectivity index (χ4v) is 2.60. The summed E-state index contributed by atoms with van der Waals surface area (Å²) in [6, 6.07) is 7.22. The Morgan fingerprint density at radius 3 is 2.38 bits per heavy atom. The van der Waals surface area contributed by atoms with Gasteiger partial charge in [0, 0.05) is 28.4 Å². The zero-order valence-corrected chi connectivity index (χ0v) is 14.0. The van der Waals surface area contributed by atoms with Gasteiger partial charge < -0.3 is 10.4 Å². The van der Waals surface area contributed by atoms with Crippen molar-refractivity contribution in [3.8, 4) is 0 Å². The zero-order valence-electron chi connectivity index (χ0n) is 14.0. The van der Waals surface area contributed by atoms with Crippen molar-refractivity contribution in [1.82, 2.24) is 10.2 Å². The maximum atomic E-state index is 12.6. The van der Waals surface area contributed by atoms with E-state index in [1.54, 1.807) is 32.2 Å². The smallest absolute Gasteiger partial charge is 0.386 e. The maximum absolute atomic E-state index is 12.6. The van der Waals surface area contributed by atoms with Crippen molar-refractivity contribution in [3.05, 3.63) is 59.3 Å². The second kappa shape index (κ2) is 6.14. The van der Waals surface area contributed by atoms with Gasteiger partial charge in [-0.2, -0.15) is 18.3 Å². The summed E-state index contributed by atoms with van der Waals surface area (Å²) < 4.78 is 37.9. The van der Waals surface area contributed by atoms with E-state index in [-0.39, 0.29) is 5.56 Å². The van der Waals surface area contributed by atoms with E-state index in [1.165, 1.54) is 0 Å². The molecule has 0 radical (unpaired) electrons. The summed E-state index contributed by atoms with van der Waals surface area (Å²) in [4.78, 5) is 12.4. The number of nitrogens with zero attached hydrogens (tertiary/aromatic N) is 1. The highest BCUT2D eigenvalue weighted by molar-refractivity contribution is 6.05. The normalized spacial score (nSPS) is 12.4. The molecule has 3 rings (SSSR count).